The molecule has 0 radical (unpaired) electrons. The number of nitrogens with zero attached hydrogens (tertiary/aromatic N) is 3. The number of aryl methyl sites for hydroxylation is 1. The van der Waals surface area contributed by atoms with Gasteiger partial charge in [-0.3, -0.25) is 9.59 Å². The highest BCUT2D eigenvalue weighted by Gasteiger charge is 2.24. The molecule has 0 bridgehead atoms. The summed E-state index contributed by atoms with van der Waals surface area (Å²) < 4.78 is 16.7. The molecule has 0 unspecified atom stereocenters. The van der Waals surface area contributed by atoms with Gasteiger partial charge in [0.1, 0.15) is 11.5 Å². The van der Waals surface area contributed by atoms with E-state index in [-0.39, 0.29) is 22.5 Å². The average Bonchev–Trinajstić information content (AvgIpc) is 3.00. The Morgan fingerprint density at radius 2 is 1.74 bits per heavy atom. The maximum Gasteiger partial charge on any atom is 0.282 e. The zero-order valence-corrected chi connectivity index (χ0v) is 14.4. The summed E-state index contributed by atoms with van der Waals surface area (Å²) in [6.45, 7) is 0. The number of halogens is 1. The number of amides is 1. The van der Waals surface area contributed by atoms with Crippen molar-refractivity contribution in [1.82, 2.24) is 14.3 Å². The van der Waals surface area contributed by atoms with E-state index < -0.39 is 11.7 Å². The number of rotatable bonds is 3. The van der Waals surface area contributed by atoms with Gasteiger partial charge in [-0.2, -0.15) is 9.78 Å². The summed E-state index contributed by atoms with van der Waals surface area (Å²) in [4.78, 5) is 25.5. The predicted octanol–water partition coefficient (Wildman–Crippen LogP) is 3.07. The molecule has 4 rings (SSSR count). The smallest absolute Gasteiger partial charge is 0.282 e. The average molecular weight is 362 g/mol. The van der Waals surface area contributed by atoms with Crippen molar-refractivity contribution < 1.29 is 9.18 Å². The lowest BCUT2D eigenvalue weighted by molar-refractivity contribution is 0.102. The summed E-state index contributed by atoms with van der Waals surface area (Å²) >= 11 is 0. The van der Waals surface area contributed by atoms with Gasteiger partial charge in [0.2, 0.25) is 0 Å². The molecule has 2 aromatic rings. The Kier molecular flexibility index (Phi) is 4.04. The van der Waals surface area contributed by atoms with Gasteiger partial charge < -0.3 is 9.88 Å². The Bertz CT molecular complexity index is 1160. The van der Waals surface area contributed by atoms with E-state index in [1.807, 2.05) is 6.07 Å². The number of fused-ring (bicyclic) bond motifs is 1. The highest BCUT2D eigenvalue weighted by Crippen LogP contribution is 2.23. The first-order chi connectivity index (χ1) is 13.0. The molecular formula is C20H15FN4O2. The maximum atomic E-state index is 13.9. The van der Waals surface area contributed by atoms with Crippen molar-refractivity contribution >= 4 is 11.6 Å². The first kappa shape index (κ1) is 16.7. The van der Waals surface area contributed by atoms with E-state index in [1.54, 1.807) is 54.3 Å². The van der Waals surface area contributed by atoms with Crippen LogP contribution in [-0.2, 0) is 7.05 Å². The first-order valence-corrected chi connectivity index (χ1v) is 8.25. The number of benzene rings is 2. The Labute approximate surface area is 153 Å². The molecule has 0 fully saturated rings. The summed E-state index contributed by atoms with van der Waals surface area (Å²) in [5.74, 6) is -1.08. The normalized spacial score (nSPS) is 10.9. The lowest BCUT2D eigenvalue weighted by Crippen LogP contribution is -2.17. The predicted molar refractivity (Wildman–Crippen MR) is 99.8 cm³/mol. The molecule has 7 heteroatoms. The minimum absolute atomic E-state index is 0.0620. The van der Waals surface area contributed by atoms with Crippen LogP contribution in [-0.4, -0.2) is 20.3 Å². The number of anilines is 1. The van der Waals surface area contributed by atoms with Crippen LogP contribution in [0.2, 0.25) is 0 Å². The van der Waals surface area contributed by atoms with Crippen LogP contribution >= 0.6 is 0 Å². The van der Waals surface area contributed by atoms with Crippen molar-refractivity contribution in [2.45, 2.75) is 0 Å². The zero-order valence-electron chi connectivity index (χ0n) is 14.4. The Balaban J connectivity index is 1.83. The monoisotopic (exact) mass is 362 g/mol. The number of para-hydroxylation sites is 2. The van der Waals surface area contributed by atoms with Crippen LogP contribution in [0.5, 0.6) is 0 Å². The van der Waals surface area contributed by atoms with Crippen LogP contribution in [0.25, 0.3) is 16.9 Å². The summed E-state index contributed by atoms with van der Waals surface area (Å²) in [6, 6.07) is 14.8. The van der Waals surface area contributed by atoms with Crippen molar-refractivity contribution in [2.75, 3.05) is 5.32 Å². The summed E-state index contributed by atoms with van der Waals surface area (Å²) in [6.07, 6.45) is 3.17. The molecule has 1 N–H and O–H groups in total. The van der Waals surface area contributed by atoms with E-state index in [4.69, 9.17) is 0 Å². The molecule has 0 saturated heterocycles. The molecule has 0 aliphatic carbocycles. The molecule has 0 aromatic heterocycles. The molecule has 0 saturated carbocycles. The molecule has 134 valence electrons. The van der Waals surface area contributed by atoms with E-state index in [9.17, 15) is 14.0 Å². The highest BCUT2D eigenvalue weighted by molar-refractivity contribution is 6.08. The summed E-state index contributed by atoms with van der Waals surface area (Å²) in [5.41, 5.74) is 1.09. The molecule has 0 atom stereocenters. The van der Waals surface area contributed by atoms with Gasteiger partial charge in [0, 0.05) is 19.4 Å². The van der Waals surface area contributed by atoms with Gasteiger partial charge in [0.05, 0.1) is 22.5 Å². The molecule has 2 heterocycles. The lowest BCUT2D eigenvalue weighted by atomic mass is 10.1. The van der Waals surface area contributed by atoms with Crippen molar-refractivity contribution in [3.63, 3.8) is 0 Å². The number of carbonyl (C=O) groups excluding carboxylic acids is 1. The fraction of sp³-hybridized carbons (Fsp3) is 0.0500. The minimum Gasteiger partial charge on any atom is -0.356 e. The lowest BCUT2D eigenvalue weighted by Gasteiger charge is -2.10. The Morgan fingerprint density at radius 1 is 1.04 bits per heavy atom. The van der Waals surface area contributed by atoms with E-state index in [1.165, 1.54) is 22.9 Å². The standard InChI is InChI=1S/C20H15FN4O2/c1-24-11-14(19(26)22-17-10-6-5-9-16(17)21)18-15(12-24)20(27)25(23-18)13-7-3-2-4-8-13/h2-12H,1H3,(H,22,26). The van der Waals surface area contributed by atoms with Gasteiger partial charge in [0.15, 0.2) is 0 Å². The van der Waals surface area contributed by atoms with Gasteiger partial charge >= 0.3 is 0 Å². The fourth-order valence-electron chi connectivity index (χ4n) is 2.90. The molecule has 2 aromatic carbocycles. The number of pyridine rings is 1. The van der Waals surface area contributed by atoms with Gasteiger partial charge in [0.25, 0.3) is 11.5 Å². The van der Waals surface area contributed by atoms with Crippen LogP contribution in [0.1, 0.15) is 10.4 Å². The van der Waals surface area contributed by atoms with E-state index in [2.05, 4.69) is 10.4 Å². The molecular weight excluding hydrogens is 347 g/mol. The number of aromatic nitrogens is 3. The number of nitrogens with one attached hydrogen (secondary N) is 1. The van der Waals surface area contributed by atoms with E-state index in [0.717, 1.165) is 0 Å². The summed E-state index contributed by atoms with van der Waals surface area (Å²) in [7, 11) is 1.71. The number of carbonyl (C=O) groups is 1. The Morgan fingerprint density at radius 3 is 2.48 bits per heavy atom. The Hall–Kier alpha value is -3.74. The third-order valence-corrected chi connectivity index (χ3v) is 4.17. The third kappa shape index (κ3) is 2.99. The van der Waals surface area contributed by atoms with Crippen LogP contribution in [0.4, 0.5) is 10.1 Å². The van der Waals surface area contributed by atoms with Gasteiger partial charge in [-0.1, -0.05) is 30.3 Å². The molecule has 2 aliphatic rings. The molecule has 27 heavy (non-hydrogen) atoms. The van der Waals surface area contributed by atoms with Gasteiger partial charge in [-0.25, -0.2) is 4.39 Å². The maximum absolute atomic E-state index is 13.9. The quantitative estimate of drug-likeness (QED) is 0.609. The van der Waals surface area contributed by atoms with Crippen LogP contribution in [0.15, 0.2) is 71.8 Å². The second kappa shape index (κ2) is 6.53. The van der Waals surface area contributed by atoms with E-state index in [0.29, 0.717) is 11.3 Å². The fourth-order valence-corrected chi connectivity index (χ4v) is 2.90. The second-order valence-electron chi connectivity index (χ2n) is 6.09. The second-order valence-corrected chi connectivity index (χ2v) is 6.09. The largest absolute Gasteiger partial charge is 0.356 e. The topological polar surface area (TPSA) is 68.9 Å². The molecule has 0 spiro atoms. The molecule has 6 nitrogen and oxygen atoms in total. The molecule has 2 aliphatic heterocycles. The van der Waals surface area contributed by atoms with Crippen LogP contribution < -0.4 is 10.9 Å². The SMILES string of the molecule is Cn1cc(C(=O)Nc2ccccc2F)c2nn(-c3ccccc3)c(=O)c-2c1. The van der Waals surface area contributed by atoms with Crippen LogP contribution in [0, 0.1) is 5.82 Å². The minimum atomic E-state index is -0.543. The first-order valence-electron chi connectivity index (χ1n) is 8.25. The summed E-state index contributed by atoms with van der Waals surface area (Å²) in [5, 5.41) is 6.88. The number of hydrogen-bond acceptors (Lipinski definition) is 3. The van der Waals surface area contributed by atoms with Gasteiger partial charge in [-0.15, -0.1) is 0 Å². The zero-order chi connectivity index (χ0) is 19.0. The highest BCUT2D eigenvalue weighted by atomic mass is 19.1. The van der Waals surface area contributed by atoms with E-state index >= 15 is 0 Å². The van der Waals surface area contributed by atoms with Crippen molar-refractivity contribution in [1.29, 1.82) is 0 Å². The molecule has 1 amide bonds. The van der Waals surface area contributed by atoms with Gasteiger partial charge in [-0.05, 0) is 24.3 Å². The van der Waals surface area contributed by atoms with Crippen molar-refractivity contribution in [3.05, 3.63) is 88.7 Å². The third-order valence-electron chi connectivity index (χ3n) is 4.17. The van der Waals surface area contributed by atoms with Crippen molar-refractivity contribution in [2.24, 2.45) is 7.05 Å². The van der Waals surface area contributed by atoms with Crippen molar-refractivity contribution in [3.8, 4) is 16.9 Å². The number of hydrogen-bond donors (Lipinski definition) is 1. The van der Waals surface area contributed by atoms with Crippen LogP contribution in [0.3, 0.4) is 0 Å².